The van der Waals surface area contributed by atoms with Gasteiger partial charge < -0.3 is 10.6 Å². The summed E-state index contributed by atoms with van der Waals surface area (Å²) in [5.74, 6) is -0.225. The second kappa shape index (κ2) is 9.89. The monoisotopic (exact) mass is 444 g/mol. The van der Waals surface area contributed by atoms with Gasteiger partial charge in [0.05, 0.1) is 0 Å². The predicted molar refractivity (Wildman–Crippen MR) is 119 cm³/mol. The third kappa shape index (κ3) is 5.31. The van der Waals surface area contributed by atoms with E-state index in [0.29, 0.717) is 25.9 Å². The van der Waals surface area contributed by atoms with Crippen molar-refractivity contribution >= 4 is 23.2 Å². The van der Waals surface area contributed by atoms with Gasteiger partial charge in [-0.25, -0.2) is 4.39 Å². The van der Waals surface area contributed by atoms with Crippen molar-refractivity contribution in [3.05, 3.63) is 58.0 Å². The molecular weight excluding hydrogens is 415 g/mol. The van der Waals surface area contributed by atoms with E-state index in [2.05, 4.69) is 38.9 Å². The van der Waals surface area contributed by atoms with Gasteiger partial charge in [-0.1, -0.05) is 18.2 Å². The Balaban J connectivity index is 1.30. The third-order valence-electron chi connectivity index (χ3n) is 6.40. The molecule has 0 radical (unpaired) electrons. The number of carbonyl (C=O) groups excluding carboxylic acids is 2. The highest BCUT2D eigenvalue weighted by molar-refractivity contribution is 7.09. The van der Waals surface area contributed by atoms with Gasteiger partial charge in [0.2, 0.25) is 11.8 Å². The molecule has 0 unspecified atom stereocenters. The zero-order chi connectivity index (χ0) is 21.8. The van der Waals surface area contributed by atoms with Crippen LogP contribution in [-0.4, -0.2) is 59.9 Å². The molecule has 166 valence electrons. The van der Waals surface area contributed by atoms with Gasteiger partial charge in [-0.3, -0.25) is 19.4 Å². The molecule has 2 amide bonds. The molecule has 31 heavy (non-hydrogen) atoms. The third-order valence-corrected chi connectivity index (χ3v) is 7.26. The van der Waals surface area contributed by atoms with Gasteiger partial charge in [0.15, 0.2) is 0 Å². The summed E-state index contributed by atoms with van der Waals surface area (Å²) in [6, 6.07) is 10.4. The SMILES string of the molecule is CN1[C@@H](CCC(=O)NCc2ccc(F)cc2)CNC(=O)[C@@H]2[C@H]1CCN2Cc1cccs1. The summed E-state index contributed by atoms with van der Waals surface area (Å²) in [7, 11) is 2.08. The maximum absolute atomic E-state index is 13.0. The molecule has 4 rings (SSSR count). The number of thiophene rings is 1. The Kier molecular flexibility index (Phi) is 6.99. The van der Waals surface area contributed by atoms with Gasteiger partial charge in [0.25, 0.3) is 0 Å². The molecule has 0 bridgehead atoms. The first-order chi connectivity index (χ1) is 15.0. The van der Waals surface area contributed by atoms with Crippen LogP contribution >= 0.6 is 11.3 Å². The first kappa shape index (κ1) is 21.9. The van der Waals surface area contributed by atoms with Crippen LogP contribution in [0.15, 0.2) is 41.8 Å². The number of hydrogen-bond acceptors (Lipinski definition) is 5. The van der Waals surface area contributed by atoms with Crippen LogP contribution in [-0.2, 0) is 22.7 Å². The van der Waals surface area contributed by atoms with E-state index < -0.39 is 0 Å². The van der Waals surface area contributed by atoms with Crippen LogP contribution in [0.3, 0.4) is 0 Å². The fourth-order valence-electron chi connectivity index (χ4n) is 4.62. The van der Waals surface area contributed by atoms with Crippen molar-refractivity contribution in [2.45, 2.75) is 50.5 Å². The number of hydrogen-bond donors (Lipinski definition) is 2. The van der Waals surface area contributed by atoms with E-state index in [1.54, 1.807) is 23.5 Å². The van der Waals surface area contributed by atoms with Gasteiger partial charge in [0.1, 0.15) is 11.9 Å². The van der Waals surface area contributed by atoms with Crippen molar-refractivity contribution in [3.8, 4) is 0 Å². The van der Waals surface area contributed by atoms with Crippen LogP contribution in [0, 0.1) is 5.82 Å². The quantitative estimate of drug-likeness (QED) is 0.688. The summed E-state index contributed by atoms with van der Waals surface area (Å²) in [5, 5.41) is 8.08. The number of nitrogens with zero attached hydrogens (tertiary/aromatic N) is 2. The minimum Gasteiger partial charge on any atom is -0.353 e. The van der Waals surface area contributed by atoms with E-state index in [4.69, 9.17) is 0 Å². The lowest BCUT2D eigenvalue weighted by atomic mass is 10.0. The van der Waals surface area contributed by atoms with E-state index in [9.17, 15) is 14.0 Å². The highest BCUT2D eigenvalue weighted by Crippen LogP contribution is 2.29. The molecule has 2 fully saturated rings. The van der Waals surface area contributed by atoms with Crippen molar-refractivity contribution in [2.24, 2.45) is 0 Å². The Morgan fingerprint density at radius 3 is 2.84 bits per heavy atom. The fraction of sp³-hybridized carbons (Fsp3) is 0.478. The summed E-state index contributed by atoms with van der Waals surface area (Å²) in [6.07, 6.45) is 2.02. The number of nitrogens with one attached hydrogen (secondary N) is 2. The molecule has 0 saturated carbocycles. The van der Waals surface area contributed by atoms with Crippen molar-refractivity contribution in [1.82, 2.24) is 20.4 Å². The molecular formula is C23H29FN4O2S. The molecule has 2 aliphatic rings. The molecule has 3 heterocycles. The van der Waals surface area contributed by atoms with E-state index in [1.165, 1.54) is 17.0 Å². The van der Waals surface area contributed by atoms with Crippen LogP contribution in [0.5, 0.6) is 0 Å². The molecule has 1 aromatic carbocycles. The van der Waals surface area contributed by atoms with Crippen molar-refractivity contribution in [1.29, 1.82) is 0 Å². The van der Waals surface area contributed by atoms with E-state index in [-0.39, 0.29) is 35.8 Å². The summed E-state index contributed by atoms with van der Waals surface area (Å²) < 4.78 is 13.0. The molecule has 2 N–H and O–H groups in total. The van der Waals surface area contributed by atoms with Crippen LogP contribution in [0.25, 0.3) is 0 Å². The minimum atomic E-state index is -0.285. The molecule has 0 aliphatic carbocycles. The maximum atomic E-state index is 13.0. The lowest BCUT2D eigenvalue weighted by Gasteiger charge is -2.33. The van der Waals surface area contributed by atoms with Gasteiger partial charge in [-0.15, -0.1) is 11.3 Å². The number of likely N-dealkylation sites (N-methyl/N-ethyl adjacent to an activating group) is 1. The van der Waals surface area contributed by atoms with Gasteiger partial charge in [0, 0.05) is 49.6 Å². The Morgan fingerprint density at radius 2 is 2.10 bits per heavy atom. The molecule has 2 saturated heterocycles. The molecule has 0 spiro atoms. The molecule has 8 heteroatoms. The Hall–Kier alpha value is -2.29. The van der Waals surface area contributed by atoms with Gasteiger partial charge in [-0.05, 0) is 49.0 Å². The largest absolute Gasteiger partial charge is 0.353 e. The van der Waals surface area contributed by atoms with E-state index >= 15 is 0 Å². The van der Waals surface area contributed by atoms with E-state index in [1.807, 2.05) is 6.07 Å². The van der Waals surface area contributed by atoms with Gasteiger partial charge >= 0.3 is 0 Å². The summed E-state index contributed by atoms with van der Waals surface area (Å²) in [4.78, 5) is 31.1. The van der Waals surface area contributed by atoms with Crippen molar-refractivity contribution < 1.29 is 14.0 Å². The summed E-state index contributed by atoms with van der Waals surface area (Å²) in [6.45, 7) is 2.64. The molecule has 2 aromatic rings. The highest BCUT2D eigenvalue weighted by Gasteiger charge is 2.44. The second-order valence-electron chi connectivity index (χ2n) is 8.36. The zero-order valence-electron chi connectivity index (χ0n) is 17.7. The van der Waals surface area contributed by atoms with Crippen LogP contribution in [0.2, 0.25) is 0 Å². The predicted octanol–water partition coefficient (Wildman–Crippen LogP) is 2.36. The average molecular weight is 445 g/mol. The average Bonchev–Trinajstić information content (AvgIpc) is 3.40. The maximum Gasteiger partial charge on any atom is 0.239 e. The topological polar surface area (TPSA) is 64.7 Å². The number of amides is 2. The highest BCUT2D eigenvalue weighted by atomic mass is 32.1. The van der Waals surface area contributed by atoms with Crippen molar-refractivity contribution in [2.75, 3.05) is 20.1 Å². The first-order valence-corrected chi connectivity index (χ1v) is 11.7. The lowest BCUT2D eigenvalue weighted by Crippen LogP contribution is -2.49. The second-order valence-corrected chi connectivity index (χ2v) is 9.39. The Labute approximate surface area is 186 Å². The number of halogens is 1. The van der Waals surface area contributed by atoms with Crippen LogP contribution < -0.4 is 10.6 Å². The van der Waals surface area contributed by atoms with Crippen molar-refractivity contribution in [3.63, 3.8) is 0 Å². The van der Waals surface area contributed by atoms with Crippen LogP contribution in [0.4, 0.5) is 4.39 Å². The standard InChI is InChI=1S/C23H29FN4O2S/c1-27-18(8-9-21(29)25-13-16-4-6-17(24)7-5-16)14-26-23(30)22-20(27)10-11-28(22)15-19-3-2-12-31-19/h2-7,12,18,20,22H,8-11,13-15H2,1H3,(H,25,29)(H,26,30)/t18-,20+,22-/m0/s1. The normalized spacial score (nSPS) is 24.5. The minimum absolute atomic E-state index is 0.0319. The van der Waals surface area contributed by atoms with E-state index in [0.717, 1.165) is 25.1 Å². The number of carbonyl (C=O) groups is 2. The fourth-order valence-corrected chi connectivity index (χ4v) is 5.35. The van der Waals surface area contributed by atoms with Crippen LogP contribution in [0.1, 0.15) is 29.7 Å². The molecule has 6 nitrogen and oxygen atoms in total. The van der Waals surface area contributed by atoms with Gasteiger partial charge in [-0.2, -0.15) is 0 Å². The summed E-state index contributed by atoms with van der Waals surface area (Å²) >= 11 is 1.72. The summed E-state index contributed by atoms with van der Waals surface area (Å²) in [5.41, 5.74) is 0.869. The number of benzene rings is 1. The lowest BCUT2D eigenvalue weighted by molar-refractivity contribution is -0.126. The molecule has 1 aromatic heterocycles. The first-order valence-electron chi connectivity index (χ1n) is 10.8. The molecule has 2 aliphatic heterocycles. The number of likely N-dealkylation sites (tertiary alicyclic amines) is 1. The number of fused-ring (bicyclic) bond motifs is 1. The smallest absolute Gasteiger partial charge is 0.239 e. The Morgan fingerprint density at radius 1 is 1.29 bits per heavy atom. The number of rotatable bonds is 7. The Bertz CT molecular complexity index is 889. The zero-order valence-corrected chi connectivity index (χ0v) is 18.5. The molecule has 3 atom stereocenters.